The molecule has 0 radical (unpaired) electrons. The molecule has 4 rings (SSSR count). The molecule has 3 aromatic rings. The molecule has 0 aliphatic carbocycles. The fraction of sp³-hybridized carbons (Fsp3) is 0.0435. The molecule has 1 aliphatic rings. The van der Waals surface area contributed by atoms with Crippen LogP contribution in [0.15, 0.2) is 90.6 Å². The van der Waals surface area contributed by atoms with Crippen molar-refractivity contribution in [3.63, 3.8) is 0 Å². The Morgan fingerprint density at radius 2 is 1.36 bits per heavy atom. The van der Waals surface area contributed by atoms with Gasteiger partial charge in [-0.2, -0.15) is 0 Å². The number of anilines is 1. The van der Waals surface area contributed by atoms with Crippen molar-refractivity contribution in [3.05, 3.63) is 107 Å². The summed E-state index contributed by atoms with van der Waals surface area (Å²) in [6.45, 7) is 0.218. The molecule has 0 fully saturated rings. The van der Waals surface area contributed by atoms with Gasteiger partial charge in [0.1, 0.15) is 5.70 Å². The number of carbonyl (C=O) groups is 2. The zero-order valence-corrected chi connectivity index (χ0v) is 15.7. The Balaban J connectivity index is 1.74. The fourth-order valence-corrected chi connectivity index (χ4v) is 3.28. The summed E-state index contributed by atoms with van der Waals surface area (Å²) in [5.74, 6) is -0.669. The Hall–Kier alpha value is -3.37. The molecule has 0 bridgehead atoms. The minimum atomic E-state index is -0.345. The average Bonchev–Trinajstić information content (AvgIpc) is 2.95. The van der Waals surface area contributed by atoms with Gasteiger partial charge in [-0.1, -0.05) is 72.3 Å². The predicted molar refractivity (Wildman–Crippen MR) is 110 cm³/mol. The Morgan fingerprint density at radius 3 is 2.00 bits per heavy atom. The summed E-state index contributed by atoms with van der Waals surface area (Å²) in [7, 11) is 0. The van der Waals surface area contributed by atoms with E-state index < -0.39 is 0 Å². The largest absolute Gasteiger partial charge is 0.350 e. The normalized spacial score (nSPS) is 14.0. The highest BCUT2D eigenvalue weighted by Gasteiger charge is 2.39. The summed E-state index contributed by atoms with van der Waals surface area (Å²) < 4.78 is 0. The van der Waals surface area contributed by atoms with E-state index in [2.05, 4.69) is 5.32 Å². The van der Waals surface area contributed by atoms with Crippen LogP contribution in [0.5, 0.6) is 0 Å². The third-order valence-electron chi connectivity index (χ3n) is 4.53. The smallest absolute Gasteiger partial charge is 0.278 e. The Kier molecular flexibility index (Phi) is 4.96. The quantitative estimate of drug-likeness (QED) is 0.643. The average molecular weight is 389 g/mol. The van der Waals surface area contributed by atoms with Gasteiger partial charge in [0.15, 0.2) is 0 Å². The van der Waals surface area contributed by atoms with E-state index >= 15 is 0 Å². The number of halogens is 1. The Labute approximate surface area is 168 Å². The van der Waals surface area contributed by atoms with Crippen LogP contribution in [0.4, 0.5) is 5.69 Å². The molecule has 0 unspecified atom stereocenters. The van der Waals surface area contributed by atoms with Crippen LogP contribution in [0.25, 0.3) is 5.57 Å². The van der Waals surface area contributed by atoms with Crippen molar-refractivity contribution in [2.24, 2.45) is 0 Å². The lowest BCUT2D eigenvalue weighted by molar-refractivity contribution is -0.137. The van der Waals surface area contributed by atoms with E-state index in [4.69, 9.17) is 11.6 Å². The first kappa shape index (κ1) is 18.0. The van der Waals surface area contributed by atoms with Crippen LogP contribution in [-0.4, -0.2) is 16.7 Å². The van der Waals surface area contributed by atoms with E-state index in [1.54, 1.807) is 24.3 Å². The summed E-state index contributed by atoms with van der Waals surface area (Å²) >= 11 is 5.99. The van der Waals surface area contributed by atoms with E-state index in [1.807, 2.05) is 60.7 Å². The first-order chi connectivity index (χ1) is 13.6. The maximum absolute atomic E-state index is 13.2. The van der Waals surface area contributed by atoms with Crippen molar-refractivity contribution in [1.82, 2.24) is 4.90 Å². The lowest BCUT2D eigenvalue weighted by Crippen LogP contribution is -2.31. The lowest BCUT2D eigenvalue weighted by atomic mass is 10.0. The molecule has 1 aliphatic heterocycles. The van der Waals surface area contributed by atoms with Crippen LogP contribution < -0.4 is 5.32 Å². The first-order valence-corrected chi connectivity index (χ1v) is 9.23. The van der Waals surface area contributed by atoms with Crippen molar-refractivity contribution in [2.45, 2.75) is 6.54 Å². The molecule has 4 nitrogen and oxygen atoms in total. The number of amides is 2. The summed E-state index contributed by atoms with van der Waals surface area (Å²) in [4.78, 5) is 27.6. The first-order valence-electron chi connectivity index (χ1n) is 8.86. The molecule has 1 N–H and O–H groups in total. The number of hydrogen-bond donors (Lipinski definition) is 1. The van der Waals surface area contributed by atoms with Crippen LogP contribution in [0.3, 0.4) is 0 Å². The highest BCUT2D eigenvalue weighted by atomic mass is 35.5. The predicted octanol–water partition coefficient (Wildman–Crippen LogP) is 4.73. The highest BCUT2D eigenvalue weighted by molar-refractivity contribution is 6.36. The van der Waals surface area contributed by atoms with Gasteiger partial charge in [-0.25, -0.2) is 0 Å². The molecule has 28 heavy (non-hydrogen) atoms. The number of carbonyl (C=O) groups excluding carboxylic acids is 2. The van der Waals surface area contributed by atoms with Gasteiger partial charge >= 0.3 is 0 Å². The fourth-order valence-electron chi connectivity index (χ4n) is 3.15. The molecule has 3 aromatic carbocycles. The molecule has 138 valence electrons. The van der Waals surface area contributed by atoms with E-state index in [1.165, 1.54) is 4.90 Å². The van der Waals surface area contributed by atoms with Gasteiger partial charge in [0.2, 0.25) is 0 Å². The molecule has 1 heterocycles. The molecule has 0 aromatic heterocycles. The Bertz CT molecular complexity index is 1040. The summed E-state index contributed by atoms with van der Waals surface area (Å²) in [6.07, 6.45) is 0. The van der Waals surface area contributed by atoms with Gasteiger partial charge in [-0.15, -0.1) is 0 Å². The highest BCUT2D eigenvalue weighted by Crippen LogP contribution is 2.32. The minimum Gasteiger partial charge on any atom is -0.350 e. The van der Waals surface area contributed by atoms with Crippen LogP contribution in [0.1, 0.15) is 11.1 Å². The van der Waals surface area contributed by atoms with Crippen molar-refractivity contribution in [3.8, 4) is 0 Å². The maximum atomic E-state index is 13.2. The number of nitrogens with zero attached hydrogens (tertiary/aromatic N) is 1. The van der Waals surface area contributed by atoms with E-state index in [9.17, 15) is 9.59 Å². The summed E-state index contributed by atoms with van der Waals surface area (Å²) in [5.41, 5.74) is 2.90. The van der Waals surface area contributed by atoms with Crippen LogP contribution in [-0.2, 0) is 16.1 Å². The number of para-hydroxylation sites is 1. The minimum absolute atomic E-state index is 0.218. The zero-order chi connectivity index (χ0) is 19.5. The van der Waals surface area contributed by atoms with Gasteiger partial charge in [0.05, 0.1) is 12.1 Å². The van der Waals surface area contributed by atoms with E-state index in [0.29, 0.717) is 16.2 Å². The molecule has 2 amide bonds. The van der Waals surface area contributed by atoms with Gasteiger partial charge in [-0.05, 0) is 35.4 Å². The number of rotatable bonds is 5. The van der Waals surface area contributed by atoms with E-state index in [0.717, 1.165) is 11.3 Å². The van der Waals surface area contributed by atoms with Crippen molar-refractivity contribution in [1.29, 1.82) is 0 Å². The summed E-state index contributed by atoms with van der Waals surface area (Å²) in [6, 6.07) is 25.7. The zero-order valence-electron chi connectivity index (χ0n) is 14.9. The molecule has 0 spiro atoms. The maximum Gasteiger partial charge on any atom is 0.278 e. The van der Waals surface area contributed by atoms with Crippen molar-refractivity contribution >= 4 is 34.7 Å². The molecular formula is C23H17ClN2O2. The number of imide groups is 1. The lowest BCUT2D eigenvalue weighted by Gasteiger charge is -2.15. The monoisotopic (exact) mass is 388 g/mol. The second-order valence-corrected chi connectivity index (χ2v) is 6.87. The van der Waals surface area contributed by atoms with Gasteiger partial charge < -0.3 is 5.32 Å². The number of nitrogens with one attached hydrogen (secondary N) is 1. The number of benzene rings is 3. The molecule has 0 atom stereocenters. The van der Waals surface area contributed by atoms with E-state index in [-0.39, 0.29) is 24.1 Å². The van der Waals surface area contributed by atoms with Crippen LogP contribution in [0, 0.1) is 0 Å². The number of hydrogen-bond acceptors (Lipinski definition) is 3. The van der Waals surface area contributed by atoms with Crippen molar-refractivity contribution < 1.29 is 9.59 Å². The summed E-state index contributed by atoms with van der Waals surface area (Å²) in [5, 5.41) is 3.70. The SMILES string of the molecule is O=C1C(Nc2ccccc2)=C(c2ccc(Cl)cc2)C(=O)N1Cc1ccccc1. The topological polar surface area (TPSA) is 49.4 Å². The molecule has 0 saturated heterocycles. The van der Waals surface area contributed by atoms with Gasteiger partial charge in [0.25, 0.3) is 11.8 Å². The second-order valence-electron chi connectivity index (χ2n) is 6.43. The standard InChI is InChI=1S/C23H17ClN2O2/c24-18-13-11-17(12-14-18)20-21(25-19-9-5-2-6-10-19)23(28)26(22(20)27)15-16-7-3-1-4-8-16/h1-14,25H,15H2. The second kappa shape index (κ2) is 7.71. The molecule has 5 heteroatoms. The molecule has 0 saturated carbocycles. The van der Waals surface area contributed by atoms with Crippen molar-refractivity contribution in [2.75, 3.05) is 5.32 Å². The van der Waals surface area contributed by atoms with Crippen LogP contribution in [0.2, 0.25) is 5.02 Å². The van der Waals surface area contributed by atoms with Crippen LogP contribution >= 0.6 is 11.6 Å². The third kappa shape index (κ3) is 3.55. The molecular weight excluding hydrogens is 372 g/mol. The van der Waals surface area contributed by atoms with Gasteiger partial charge in [-0.3, -0.25) is 14.5 Å². The Morgan fingerprint density at radius 1 is 0.750 bits per heavy atom. The van der Waals surface area contributed by atoms with Gasteiger partial charge in [0, 0.05) is 10.7 Å². The third-order valence-corrected chi connectivity index (χ3v) is 4.78.